The van der Waals surface area contributed by atoms with Gasteiger partial charge < -0.3 is 9.47 Å². The van der Waals surface area contributed by atoms with Crippen LogP contribution in [0.4, 0.5) is 4.39 Å². The molecule has 194 valence electrons. The lowest BCUT2D eigenvalue weighted by molar-refractivity contribution is -0.122. The van der Waals surface area contributed by atoms with Crippen LogP contribution in [0.25, 0.3) is 6.08 Å². The number of rotatable bonds is 12. The number of hydrogen-bond acceptors (Lipinski definition) is 6. The molecule has 0 radical (unpaired) electrons. The molecule has 2 aromatic carbocycles. The van der Waals surface area contributed by atoms with E-state index < -0.39 is 15.8 Å². The Balaban J connectivity index is 1.77. The highest BCUT2D eigenvalue weighted by atomic mass is 32.2. The van der Waals surface area contributed by atoms with E-state index in [0.29, 0.717) is 28.6 Å². The zero-order chi connectivity index (χ0) is 26.1. The van der Waals surface area contributed by atoms with Gasteiger partial charge >= 0.3 is 0 Å². The molecule has 1 aliphatic rings. The molecule has 0 aromatic heterocycles. The number of carbonyl (C=O) groups excluding carboxylic acids is 1. The number of thioether (sulfide) groups is 1. The maximum atomic E-state index is 13.2. The summed E-state index contributed by atoms with van der Waals surface area (Å²) in [7, 11) is -2.56. The summed E-state index contributed by atoms with van der Waals surface area (Å²) >= 11 is 0.974. The monoisotopic (exact) mass is 534 g/mol. The first-order chi connectivity index (χ1) is 17.3. The molecule has 0 unspecified atom stereocenters. The molecular formula is C26H31FN2O5S2. The minimum atomic E-state index is -4.11. The van der Waals surface area contributed by atoms with Gasteiger partial charge in [0, 0.05) is 6.54 Å². The maximum Gasteiger partial charge on any atom is 0.284 e. The van der Waals surface area contributed by atoms with Gasteiger partial charge in [0.2, 0.25) is 0 Å². The molecule has 1 heterocycles. The highest BCUT2D eigenvalue weighted by molar-refractivity contribution is 8.19. The molecule has 0 N–H and O–H groups in total. The zero-order valence-electron chi connectivity index (χ0n) is 20.7. The van der Waals surface area contributed by atoms with E-state index in [-0.39, 0.29) is 22.5 Å². The van der Waals surface area contributed by atoms with E-state index in [1.165, 1.54) is 24.2 Å². The molecule has 0 atom stereocenters. The summed E-state index contributed by atoms with van der Waals surface area (Å²) in [5, 5.41) is 0.0491. The fraction of sp³-hybridized carbons (Fsp3) is 0.385. The number of amidine groups is 1. The van der Waals surface area contributed by atoms with E-state index in [2.05, 4.69) is 11.3 Å². The third-order valence-electron chi connectivity index (χ3n) is 5.50. The number of benzene rings is 2. The average molecular weight is 535 g/mol. The fourth-order valence-corrected chi connectivity index (χ4v) is 5.79. The van der Waals surface area contributed by atoms with Crippen LogP contribution in [0.2, 0.25) is 0 Å². The summed E-state index contributed by atoms with van der Waals surface area (Å²) in [4.78, 5) is 14.4. The number of carbonyl (C=O) groups is 1. The first-order valence-electron chi connectivity index (χ1n) is 11.9. The van der Waals surface area contributed by atoms with Crippen LogP contribution in [0.15, 0.2) is 56.7 Å². The first-order valence-corrected chi connectivity index (χ1v) is 14.2. The van der Waals surface area contributed by atoms with Gasteiger partial charge in [-0.3, -0.25) is 9.69 Å². The second kappa shape index (κ2) is 12.9. The number of sulfonamides is 1. The molecular weight excluding hydrogens is 503 g/mol. The summed E-state index contributed by atoms with van der Waals surface area (Å²) in [5.41, 5.74) is 0.705. The van der Waals surface area contributed by atoms with Crippen molar-refractivity contribution in [2.45, 2.75) is 50.8 Å². The van der Waals surface area contributed by atoms with Crippen molar-refractivity contribution >= 4 is 38.9 Å². The Hall–Kier alpha value is -2.85. The van der Waals surface area contributed by atoms with E-state index in [1.54, 1.807) is 32.2 Å². The van der Waals surface area contributed by atoms with E-state index in [9.17, 15) is 17.6 Å². The Bertz CT molecular complexity index is 1230. The summed E-state index contributed by atoms with van der Waals surface area (Å²) in [6.07, 6.45) is 7.37. The van der Waals surface area contributed by atoms with Gasteiger partial charge in [-0.1, -0.05) is 38.7 Å². The molecule has 0 saturated carbocycles. The van der Waals surface area contributed by atoms with Crippen LogP contribution in [-0.2, 0) is 14.8 Å². The number of likely N-dealkylation sites (N-methyl/N-ethyl adjacent to an activating group) is 1. The minimum absolute atomic E-state index is 0.0491. The van der Waals surface area contributed by atoms with Crippen molar-refractivity contribution < 1.29 is 27.1 Å². The number of methoxy groups -OCH3 is 1. The van der Waals surface area contributed by atoms with Gasteiger partial charge in [-0.05, 0) is 73.1 Å². The lowest BCUT2D eigenvalue weighted by Gasteiger charge is -2.12. The number of hydrogen-bond donors (Lipinski definition) is 0. The van der Waals surface area contributed by atoms with Crippen LogP contribution < -0.4 is 9.47 Å². The lowest BCUT2D eigenvalue weighted by Crippen LogP contribution is -2.29. The van der Waals surface area contributed by atoms with Gasteiger partial charge in [-0.25, -0.2) is 4.39 Å². The fourth-order valence-electron chi connectivity index (χ4n) is 3.55. The Labute approximate surface area is 216 Å². The number of nitrogens with zero attached hydrogens (tertiary/aromatic N) is 2. The van der Waals surface area contributed by atoms with Crippen LogP contribution in [0.1, 0.15) is 51.5 Å². The van der Waals surface area contributed by atoms with Crippen molar-refractivity contribution in [2.75, 3.05) is 20.3 Å². The molecule has 1 fully saturated rings. The number of amides is 1. The predicted molar refractivity (Wildman–Crippen MR) is 141 cm³/mol. The molecule has 36 heavy (non-hydrogen) atoms. The average Bonchev–Trinajstić information content (AvgIpc) is 3.14. The minimum Gasteiger partial charge on any atom is -0.493 e. The van der Waals surface area contributed by atoms with Crippen molar-refractivity contribution in [3.63, 3.8) is 0 Å². The third kappa shape index (κ3) is 7.10. The molecule has 7 nitrogen and oxygen atoms in total. The predicted octanol–water partition coefficient (Wildman–Crippen LogP) is 5.86. The molecule has 1 aliphatic heterocycles. The first kappa shape index (κ1) is 27.7. The molecule has 0 spiro atoms. The van der Waals surface area contributed by atoms with Crippen LogP contribution in [0.3, 0.4) is 0 Å². The molecule has 3 rings (SSSR count). The summed E-state index contributed by atoms with van der Waals surface area (Å²) in [6.45, 7) is 4.76. The van der Waals surface area contributed by atoms with Gasteiger partial charge in [0.25, 0.3) is 15.9 Å². The second-order valence-corrected chi connectivity index (χ2v) is 10.7. The summed E-state index contributed by atoms with van der Waals surface area (Å²) in [5.74, 6) is 0.282. The Morgan fingerprint density at radius 1 is 1.03 bits per heavy atom. The SMILES string of the molecule is CCCCCCCOc1ccc(/C=C2\S/C(=N/S(=O)(=O)c3ccc(F)cc3)N(CC)C2=O)cc1OC. The third-order valence-corrected chi connectivity index (χ3v) is 7.91. The summed E-state index contributed by atoms with van der Waals surface area (Å²) < 4.78 is 53.8. The van der Waals surface area contributed by atoms with Crippen molar-refractivity contribution in [3.8, 4) is 11.5 Å². The van der Waals surface area contributed by atoms with Crippen molar-refractivity contribution in [1.29, 1.82) is 0 Å². The van der Waals surface area contributed by atoms with Gasteiger partial charge in [0.15, 0.2) is 16.7 Å². The number of unbranched alkanes of at least 4 members (excludes halogenated alkanes) is 4. The molecule has 10 heteroatoms. The van der Waals surface area contributed by atoms with Crippen molar-refractivity contribution in [3.05, 3.63) is 58.8 Å². The van der Waals surface area contributed by atoms with E-state index >= 15 is 0 Å². The maximum absolute atomic E-state index is 13.2. The van der Waals surface area contributed by atoms with Crippen LogP contribution in [0.5, 0.6) is 11.5 Å². The molecule has 1 amide bonds. The Morgan fingerprint density at radius 3 is 2.42 bits per heavy atom. The smallest absolute Gasteiger partial charge is 0.284 e. The van der Waals surface area contributed by atoms with Gasteiger partial charge in [-0.15, -0.1) is 4.40 Å². The topological polar surface area (TPSA) is 85.3 Å². The largest absolute Gasteiger partial charge is 0.493 e. The van der Waals surface area contributed by atoms with E-state index in [4.69, 9.17) is 9.47 Å². The molecule has 0 aliphatic carbocycles. The highest BCUT2D eigenvalue weighted by Crippen LogP contribution is 2.35. The Morgan fingerprint density at radius 2 is 1.75 bits per heavy atom. The van der Waals surface area contributed by atoms with Gasteiger partial charge in [0.1, 0.15) is 5.82 Å². The second-order valence-electron chi connectivity index (χ2n) is 8.14. The summed E-state index contributed by atoms with van der Waals surface area (Å²) in [6, 6.07) is 9.78. The normalized spacial score (nSPS) is 16.2. The van der Waals surface area contributed by atoms with Crippen LogP contribution in [-0.4, -0.2) is 44.7 Å². The van der Waals surface area contributed by atoms with E-state index in [1.807, 2.05) is 6.07 Å². The number of halogens is 1. The molecule has 2 aromatic rings. The van der Waals surface area contributed by atoms with Crippen molar-refractivity contribution in [1.82, 2.24) is 4.90 Å². The highest BCUT2D eigenvalue weighted by Gasteiger charge is 2.34. The molecule has 1 saturated heterocycles. The van der Waals surface area contributed by atoms with Crippen LogP contribution >= 0.6 is 11.8 Å². The standard InChI is InChI=1S/C26H31FN2O5S2/c1-4-6-7-8-9-16-34-22-15-10-19(17-23(22)33-3)18-24-25(30)29(5-2)26(35-24)28-36(31,32)21-13-11-20(27)12-14-21/h10-15,17-18H,4-9,16H2,1-3H3/b24-18-,28-26+. The Kier molecular flexibility index (Phi) is 9.95. The van der Waals surface area contributed by atoms with Gasteiger partial charge in [0.05, 0.1) is 23.5 Å². The lowest BCUT2D eigenvalue weighted by atomic mass is 10.1. The van der Waals surface area contributed by atoms with Crippen molar-refractivity contribution in [2.24, 2.45) is 4.40 Å². The van der Waals surface area contributed by atoms with E-state index in [0.717, 1.165) is 48.9 Å². The zero-order valence-corrected chi connectivity index (χ0v) is 22.3. The van der Waals surface area contributed by atoms with Gasteiger partial charge in [-0.2, -0.15) is 8.42 Å². The quantitative estimate of drug-likeness (QED) is 0.250. The number of ether oxygens (including phenoxy) is 2. The van der Waals surface area contributed by atoms with Crippen LogP contribution in [0, 0.1) is 5.82 Å². The molecule has 0 bridgehead atoms.